The zero-order valence-electron chi connectivity index (χ0n) is 24.5. The Morgan fingerprint density at radius 1 is 0.860 bits per heavy atom. The third-order valence-electron chi connectivity index (χ3n) is 6.66. The Bertz CT molecular complexity index is 1830. The van der Waals surface area contributed by atoms with Crippen molar-refractivity contribution in [1.29, 1.82) is 5.26 Å². The van der Waals surface area contributed by atoms with Crippen molar-refractivity contribution in [3.63, 3.8) is 0 Å². The lowest BCUT2D eigenvalue weighted by atomic mass is 10.1. The molecule has 0 saturated carbocycles. The second kappa shape index (κ2) is 12.8. The first kappa shape index (κ1) is 30.8. The highest BCUT2D eigenvalue weighted by atomic mass is 35.5. The molecule has 0 aliphatic carbocycles. The number of rotatable bonds is 6. The van der Waals surface area contributed by atoms with E-state index < -0.39 is 11.6 Å². The number of anilines is 7. The van der Waals surface area contributed by atoms with Crippen LogP contribution in [0.4, 0.5) is 49.0 Å². The molecule has 0 spiro atoms. The van der Waals surface area contributed by atoms with Gasteiger partial charge in [-0.25, -0.2) is 18.7 Å². The number of hydrogen-bond acceptors (Lipinski definition) is 9. The van der Waals surface area contributed by atoms with E-state index in [9.17, 15) is 8.78 Å². The van der Waals surface area contributed by atoms with Gasteiger partial charge in [0.05, 0.1) is 10.9 Å². The molecule has 222 valence electrons. The second-order valence-electron chi connectivity index (χ2n) is 10.0. The van der Waals surface area contributed by atoms with E-state index in [2.05, 4.69) is 30.8 Å². The summed E-state index contributed by atoms with van der Waals surface area (Å²) in [6.45, 7) is 3.90. The Kier molecular flexibility index (Phi) is 9.16. The number of nitrogens with zero attached hydrogens (tertiary/aromatic N) is 6. The van der Waals surface area contributed by atoms with E-state index in [0.717, 1.165) is 39.9 Å². The molecule has 0 fully saturated rings. The van der Waals surface area contributed by atoms with Crippen LogP contribution in [0.1, 0.15) is 16.7 Å². The van der Waals surface area contributed by atoms with E-state index in [1.54, 1.807) is 6.07 Å². The maximum absolute atomic E-state index is 14.2. The van der Waals surface area contributed by atoms with Crippen LogP contribution in [-0.4, -0.2) is 48.4 Å². The molecule has 43 heavy (non-hydrogen) atoms. The number of aromatic nitrogens is 4. The fourth-order valence-corrected chi connectivity index (χ4v) is 4.58. The molecular weight excluding hydrogens is 574 g/mol. The monoisotopic (exact) mass is 604 g/mol. The summed E-state index contributed by atoms with van der Waals surface area (Å²) in [6.07, 6.45) is 0. The number of pyridine rings is 2. The molecule has 5 rings (SSSR count). The average Bonchev–Trinajstić information content (AvgIpc) is 3.31. The minimum atomic E-state index is -0.620. The molecule has 0 radical (unpaired) electrons. The third kappa shape index (κ3) is 6.68. The van der Waals surface area contributed by atoms with Gasteiger partial charge in [-0.3, -0.25) is 5.10 Å². The van der Waals surface area contributed by atoms with Crippen molar-refractivity contribution in [2.45, 2.75) is 13.8 Å². The third-order valence-corrected chi connectivity index (χ3v) is 6.95. The molecule has 10 nitrogen and oxygen atoms in total. The van der Waals surface area contributed by atoms with Gasteiger partial charge in [0.25, 0.3) is 0 Å². The number of nitriles is 1. The first-order valence-electron chi connectivity index (χ1n) is 13.0. The van der Waals surface area contributed by atoms with Crippen molar-refractivity contribution < 1.29 is 8.78 Å². The van der Waals surface area contributed by atoms with Gasteiger partial charge in [-0.2, -0.15) is 10.4 Å². The largest absolute Gasteiger partial charge is 0.384 e. The molecule has 3 aromatic heterocycles. The van der Waals surface area contributed by atoms with Crippen molar-refractivity contribution >= 4 is 62.8 Å². The SMILES string of the molecule is Cc1c(Nc2nc(Cl)c(C#N)cc2F)cccc1N(C)C.Cc1c(Nc2nc3n[nH]c(N)c3cc2F)cccc1N(C)C. The molecule has 0 aliphatic rings. The molecule has 0 bridgehead atoms. The van der Waals surface area contributed by atoms with E-state index in [-0.39, 0.29) is 22.4 Å². The standard InChI is InChI=1S/C15H14ClFN4.C15H17FN6/c1-9-12(5-4-6-13(9)21(2)3)19-15-11(17)7-10(8-18)14(16)20-15;1-8-11(5-4-6-12(8)22(2)3)18-15-10(16)7-9-13(17)20-21-14(9)19-15/h4-7H,1-3H3,(H,19,20);4-7H,1-3H3,(H4,17,18,19,20,21). The summed E-state index contributed by atoms with van der Waals surface area (Å²) in [6, 6.07) is 15.7. The maximum atomic E-state index is 14.2. The van der Waals surface area contributed by atoms with Crippen LogP contribution in [-0.2, 0) is 0 Å². The maximum Gasteiger partial charge on any atom is 0.185 e. The lowest BCUT2D eigenvalue weighted by molar-refractivity contribution is 0.626. The minimum Gasteiger partial charge on any atom is -0.384 e. The number of nitrogens with one attached hydrogen (secondary N) is 3. The quantitative estimate of drug-likeness (QED) is 0.157. The molecule has 3 heterocycles. The number of halogens is 3. The van der Waals surface area contributed by atoms with Gasteiger partial charge in [0.1, 0.15) is 17.0 Å². The van der Waals surface area contributed by atoms with Crippen molar-refractivity contribution in [2.75, 3.05) is 54.4 Å². The van der Waals surface area contributed by atoms with Gasteiger partial charge in [-0.1, -0.05) is 23.7 Å². The number of H-pyrrole nitrogens is 1. The summed E-state index contributed by atoms with van der Waals surface area (Å²) in [5.74, 6) is -0.671. The molecule has 0 amide bonds. The predicted molar refractivity (Wildman–Crippen MR) is 170 cm³/mol. The highest BCUT2D eigenvalue weighted by Crippen LogP contribution is 2.31. The Labute approximate surface area is 253 Å². The number of fused-ring (bicyclic) bond motifs is 1. The molecule has 0 aliphatic heterocycles. The summed E-state index contributed by atoms with van der Waals surface area (Å²) in [5.41, 5.74) is 11.6. The first-order valence-corrected chi connectivity index (χ1v) is 13.4. The molecule has 5 aromatic rings. The number of aromatic amines is 1. The highest BCUT2D eigenvalue weighted by molar-refractivity contribution is 6.30. The summed E-state index contributed by atoms with van der Waals surface area (Å²) in [7, 11) is 7.79. The van der Waals surface area contributed by atoms with Crippen LogP contribution in [0.3, 0.4) is 0 Å². The molecule has 0 atom stereocenters. The lowest BCUT2D eigenvalue weighted by Gasteiger charge is -2.19. The van der Waals surface area contributed by atoms with Crippen LogP contribution in [0.2, 0.25) is 5.15 Å². The van der Waals surface area contributed by atoms with Crippen LogP contribution < -0.4 is 26.2 Å². The van der Waals surface area contributed by atoms with Crippen LogP contribution in [0.25, 0.3) is 11.0 Å². The number of hydrogen-bond donors (Lipinski definition) is 4. The van der Waals surface area contributed by atoms with Gasteiger partial charge < -0.3 is 26.2 Å². The Hall–Kier alpha value is -5.15. The van der Waals surface area contributed by atoms with Crippen LogP contribution in [0, 0.1) is 36.8 Å². The minimum absolute atomic E-state index is 0.00185. The molecule has 13 heteroatoms. The highest BCUT2D eigenvalue weighted by Gasteiger charge is 2.14. The Morgan fingerprint density at radius 3 is 1.88 bits per heavy atom. The summed E-state index contributed by atoms with van der Waals surface area (Å²) in [4.78, 5) is 12.1. The predicted octanol–water partition coefficient (Wildman–Crippen LogP) is 6.66. The van der Waals surface area contributed by atoms with Crippen LogP contribution in [0.5, 0.6) is 0 Å². The zero-order chi connectivity index (χ0) is 31.4. The van der Waals surface area contributed by atoms with Gasteiger partial charge >= 0.3 is 0 Å². The van der Waals surface area contributed by atoms with Gasteiger partial charge in [0, 0.05) is 50.9 Å². The fourth-order valence-electron chi connectivity index (χ4n) is 4.40. The average molecular weight is 605 g/mol. The molecule has 2 aromatic carbocycles. The number of benzene rings is 2. The molecular formula is C30H31ClF2N10. The van der Waals surface area contributed by atoms with Gasteiger partial charge in [0.2, 0.25) is 0 Å². The van der Waals surface area contributed by atoms with E-state index in [1.807, 2.05) is 88.2 Å². The number of nitrogens with two attached hydrogens (primary N) is 1. The van der Waals surface area contributed by atoms with Crippen molar-refractivity contribution in [2.24, 2.45) is 0 Å². The van der Waals surface area contributed by atoms with Crippen LogP contribution in [0.15, 0.2) is 48.5 Å². The number of nitrogen functional groups attached to an aromatic ring is 1. The Morgan fingerprint density at radius 2 is 1.37 bits per heavy atom. The molecule has 0 unspecified atom stereocenters. The van der Waals surface area contributed by atoms with E-state index >= 15 is 0 Å². The lowest BCUT2D eigenvalue weighted by Crippen LogP contribution is -2.11. The van der Waals surface area contributed by atoms with Gasteiger partial charge in [0.15, 0.2) is 28.9 Å². The molecule has 5 N–H and O–H groups in total. The van der Waals surface area contributed by atoms with Crippen LogP contribution >= 0.6 is 11.6 Å². The van der Waals surface area contributed by atoms with E-state index in [1.165, 1.54) is 6.07 Å². The van der Waals surface area contributed by atoms with Crippen molar-refractivity contribution in [1.82, 2.24) is 20.2 Å². The zero-order valence-corrected chi connectivity index (χ0v) is 25.3. The normalized spacial score (nSPS) is 10.5. The Balaban J connectivity index is 0.000000197. The van der Waals surface area contributed by atoms with Gasteiger partial charge in [-0.05, 0) is 61.4 Å². The smallest absolute Gasteiger partial charge is 0.185 e. The molecule has 0 saturated heterocycles. The summed E-state index contributed by atoms with van der Waals surface area (Å²) >= 11 is 5.84. The summed E-state index contributed by atoms with van der Waals surface area (Å²) in [5, 5.41) is 21.7. The topological polar surface area (TPSA) is 135 Å². The van der Waals surface area contributed by atoms with Gasteiger partial charge in [-0.15, -0.1) is 0 Å². The summed E-state index contributed by atoms with van der Waals surface area (Å²) < 4.78 is 28.2. The van der Waals surface area contributed by atoms with Crippen molar-refractivity contribution in [3.05, 3.63) is 82.0 Å². The first-order chi connectivity index (χ1) is 20.4. The van der Waals surface area contributed by atoms with E-state index in [4.69, 9.17) is 22.6 Å². The fraction of sp³-hybridized carbons (Fsp3) is 0.200. The van der Waals surface area contributed by atoms with Crippen molar-refractivity contribution in [3.8, 4) is 6.07 Å². The second-order valence-corrected chi connectivity index (χ2v) is 10.4. The van der Waals surface area contributed by atoms with E-state index in [0.29, 0.717) is 16.9 Å².